The van der Waals surface area contributed by atoms with Gasteiger partial charge in [-0.3, -0.25) is 0 Å². The maximum atomic E-state index is 8.46. The van der Waals surface area contributed by atoms with Gasteiger partial charge in [0.25, 0.3) is 0 Å². The number of hydrogen-bond donors (Lipinski definition) is 0. The monoisotopic (exact) mass is 208 g/mol. The van der Waals surface area contributed by atoms with E-state index in [4.69, 9.17) is 5.26 Å². The average Bonchev–Trinajstić information content (AvgIpc) is 2.25. The van der Waals surface area contributed by atoms with E-state index in [0.717, 1.165) is 12.8 Å². The first-order valence-electron chi connectivity index (χ1n) is 6.29. The predicted octanol–water partition coefficient (Wildman–Crippen LogP) is 3.19. The quantitative estimate of drug-likeness (QED) is 0.649. The Labute approximate surface area is 94.3 Å². The summed E-state index contributed by atoms with van der Waals surface area (Å²) >= 11 is 0. The first-order valence-corrected chi connectivity index (χ1v) is 6.29. The molecule has 1 fully saturated rings. The highest BCUT2D eigenvalue weighted by Crippen LogP contribution is 2.32. The van der Waals surface area contributed by atoms with Gasteiger partial charge < -0.3 is 4.90 Å². The second-order valence-electron chi connectivity index (χ2n) is 5.16. The molecule has 0 aliphatic carbocycles. The topological polar surface area (TPSA) is 27.0 Å². The van der Waals surface area contributed by atoms with Crippen molar-refractivity contribution in [1.82, 2.24) is 4.90 Å². The fourth-order valence-electron chi connectivity index (χ4n) is 2.45. The lowest BCUT2D eigenvalue weighted by molar-refractivity contribution is 0.0980. The molecule has 1 aliphatic rings. The zero-order valence-electron chi connectivity index (χ0n) is 10.3. The van der Waals surface area contributed by atoms with E-state index < -0.39 is 0 Å². The molecule has 0 aromatic heterocycles. The molecule has 1 saturated heterocycles. The van der Waals surface area contributed by atoms with Crippen molar-refractivity contribution in [3.8, 4) is 6.07 Å². The third-order valence-electron chi connectivity index (χ3n) is 3.73. The average molecular weight is 208 g/mol. The normalized spacial score (nSPS) is 27.5. The summed E-state index contributed by atoms with van der Waals surface area (Å²) in [5.74, 6) is 0. The van der Waals surface area contributed by atoms with Crippen LogP contribution >= 0.6 is 0 Å². The van der Waals surface area contributed by atoms with Crippen LogP contribution in [0.1, 0.15) is 52.4 Å². The van der Waals surface area contributed by atoms with Crippen molar-refractivity contribution in [2.24, 2.45) is 5.41 Å². The lowest BCUT2D eigenvalue weighted by Crippen LogP contribution is -2.41. The van der Waals surface area contributed by atoms with Gasteiger partial charge in [-0.25, -0.2) is 0 Å². The Morgan fingerprint density at radius 1 is 1.40 bits per heavy atom. The van der Waals surface area contributed by atoms with Gasteiger partial charge in [0.1, 0.15) is 0 Å². The number of rotatable bonds is 5. The number of nitriles is 1. The minimum atomic E-state index is 0.549. The molecular formula is C13H24N2. The van der Waals surface area contributed by atoms with Gasteiger partial charge in [-0.2, -0.15) is 5.26 Å². The van der Waals surface area contributed by atoms with Crippen LogP contribution in [0.5, 0.6) is 0 Å². The van der Waals surface area contributed by atoms with Crippen molar-refractivity contribution in [3.63, 3.8) is 0 Å². The molecule has 1 aliphatic heterocycles. The number of likely N-dealkylation sites (tertiary alicyclic amines) is 1. The SMILES string of the molecule is CCC1(C)CCCN(CCCCC#N)C1. The van der Waals surface area contributed by atoms with E-state index in [2.05, 4.69) is 24.8 Å². The summed E-state index contributed by atoms with van der Waals surface area (Å²) in [5.41, 5.74) is 0.549. The molecule has 1 heterocycles. The lowest BCUT2D eigenvalue weighted by atomic mass is 9.79. The van der Waals surface area contributed by atoms with E-state index >= 15 is 0 Å². The van der Waals surface area contributed by atoms with Crippen LogP contribution in [-0.2, 0) is 0 Å². The summed E-state index contributed by atoms with van der Waals surface area (Å²) in [4.78, 5) is 2.59. The predicted molar refractivity (Wildman–Crippen MR) is 63.5 cm³/mol. The highest BCUT2D eigenvalue weighted by molar-refractivity contribution is 4.82. The lowest BCUT2D eigenvalue weighted by Gasteiger charge is -2.40. The van der Waals surface area contributed by atoms with Crippen molar-refractivity contribution in [1.29, 1.82) is 5.26 Å². The molecule has 0 N–H and O–H groups in total. The van der Waals surface area contributed by atoms with Gasteiger partial charge in [-0.1, -0.05) is 13.8 Å². The van der Waals surface area contributed by atoms with Crippen molar-refractivity contribution >= 4 is 0 Å². The van der Waals surface area contributed by atoms with E-state index in [1.54, 1.807) is 0 Å². The van der Waals surface area contributed by atoms with Crippen LogP contribution in [0.4, 0.5) is 0 Å². The maximum absolute atomic E-state index is 8.46. The van der Waals surface area contributed by atoms with Crippen LogP contribution in [0.2, 0.25) is 0 Å². The molecule has 1 unspecified atom stereocenters. The Morgan fingerprint density at radius 2 is 2.20 bits per heavy atom. The van der Waals surface area contributed by atoms with Crippen LogP contribution in [0.3, 0.4) is 0 Å². The molecule has 2 heteroatoms. The molecule has 2 nitrogen and oxygen atoms in total. The van der Waals surface area contributed by atoms with Crippen LogP contribution in [0.25, 0.3) is 0 Å². The second kappa shape index (κ2) is 6.12. The van der Waals surface area contributed by atoms with E-state index in [-0.39, 0.29) is 0 Å². The zero-order valence-corrected chi connectivity index (χ0v) is 10.3. The summed E-state index contributed by atoms with van der Waals surface area (Å²) in [6, 6.07) is 2.21. The molecule has 0 saturated carbocycles. The number of hydrogen-bond acceptors (Lipinski definition) is 2. The molecule has 0 radical (unpaired) electrons. The molecule has 0 aromatic rings. The van der Waals surface area contributed by atoms with Crippen molar-refractivity contribution in [3.05, 3.63) is 0 Å². The van der Waals surface area contributed by atoms with Gasteiger partial charge in [0.2, 0.25) is 0 Å². The Morgan fingerprint density at radius 3 is 2.87 bits per heavy atom. The van der Waals surface area contributed by atoms with Crippen LogP contribution in [0, 0.1) is 16.7 Å². The van der Waals surface area contributed by atoms with E-state index in [9.17, 15) is 0 Å². The fourth-order valence-corrected chi connectivity index (χ4v) is 2.45. The molecule has 0 aromatic carbocycles. The molecule has 1 atom stereocenters. The van der Waals surface area contributed by atoms with Crippen LogP contribution in [0.15, 0.2) is 0 Å². The molecule has 0 amide bonds. The minimum absolute atomic E-state index is 0.549. The second-order valence-corrected chi connectivity index (χ2v) is 5.16. The van der Waals surface area contributed by atoms with Crippen molar-refractivity contribution < 1.29 is 0 Å². The molecule has 1 rings (SSSR count). The highest BCUT2D eigenvalue weighted by atomic mass is 15.1. The van der Waals surface area contributed by atoms with E-state index in [1.165, 1.54) is 45.3 Å². The van der Waals surface area contributed by atoms with Crippen molar-refractivity contribution in [2.45, 2.75) is 52.4 Å². The van der Waals surface area contributed by atoms with E-state index in [0.29, 0.717) is 5.41 Å². The van der Waals surface area contributed by atoms with Gasteiger partial charge in [0, 0.05) is 13.0 Å². The number of nitrogens with zero attached hydrogens (tertiary/aromatic N) is 2. The minimum Gasteiger partial charge on any atom is -0.303 e. The van der Waals surface area contributed by atoms with Crippen molar-refractivity contribution in [2.75, 3.05) is 19.6 Å². The number of unbranched alkanes of at least 4 members (excludes halogenated alkanes) is 2. The summed E-state index contributed by atoms with van der Waals surface area (Å²) in [5, 5.41) is 8.46. The number of piperidine rings is 1. The summed E-state index contributed by atoms with van der Waals surface area (Å²) in [6.07, 6.45) is 7.00. The van der Waals surface area contributed by atoms with Gasteiger partial charge >= 0.3 is 0 Å². The highest BCUT2D eigenvalue weighted by Gasteiger charge is 2.28. The first kappa shape index (κ1) is 12.5. The zero-order chi connectivity index (χ0) is 11.1. The standard InChI is InChI=1S/C13H24N2/c1-3-13(2)8-7-11-15(12-13)10-6-4-5-9-14/h3-8,10-12H2,1-2H3. The Kier molecular flexibility index (Phi) is 5.11. The molecule has 0 spiro atoms. The maximum Gasteiger partial charge on any atom is 0.0621 e. The van der Waals surface area contributed by atoms with E-state index in [1.807, 2.05) is 0 Å². The Bertz CT molecular complexity index is 219. The first-order chi connectivity index (χ1) is 7.20. The Hall–Kier alpha value is -0.550. The van der Waals surface area contributed by atoms with Gasteiger partial charge in [-0.05, 0) is 50.6 Å². The third kappa shape index (κ3) is 4.22. The molecule has 15 heavy (non-hydrogen) atoms. The summed E-state index contributed by atoms with van der Waals surface area (Å²) < 4.78 is 0. The van der Waals surface area contributed by atoms with Crippen LogP contribution in [-0.4, -0.2) is 24.5 Å². The van der Waals surface area contributed by atoms with Crippen LogP contribution < -0.4 is 0 Å². The van der Waals surface area contributed by atoms with Gasteiger partial charge in [-0.15, -0.1) is 0 Å². The molecular weight excluding hydrogens is 184 g/mol. The fraction of sp³-hybridized carbons (Fsp3) is 0.923. The molecule has 0 bridgehead atoms. The largest absolute Gasteiger partial charge is 0.303 e. The third-order valence-corrected chi connectivity index (χ3v) is 3.73. The van der Waals surface area contributed by atoms with Gasteiger partial charge in [0.05, 0.1) is 6.07 Å². The smallest absolute Gasteiger partial charge is 0.0621 e. The summed E-state index contributed by atoms with van der Waals surface area (Å²) in [6.45, 7) is 8.43. The molecule has 86 valence electrons. The van der Waals surface area contributed by atoms with Gasteiger partial charge in [0.15, 0.2) is 0 Å². The summed E-state index contributed by atoms with van der Waals surface area (Å²) in [7, 11) is 0. The Balaban J connectivity index is 2.22.